The second-order valence-corrected chi connectivity index (χ2v) is 5.16. The zero-order valence-electron chi connectivity index (χ0n) is 13.0. The molecule has 0 aromatic heterocycles. The van der Waals surface area contributed by atoms with Crippen LogP contribution in [0.1, 0.15) is 10.4 Å². The summed E-state index contributed by atoms with van der Waals surface area (Å²) in [6.45, 7) is 0.716. The maximum absolute atomic E-state index is 13.0. The highest BCUT2D eigenvalue weighted by Gasteiger charge is 2.28. The van der Waals surface area contributed by atoms with Gasteiger partial charge >= 0.3 is 6.09 Å². The SMILES string of the molecule is COCCN1C(=O)c2cc(NC(=O)O)ccc2Oc2ccccc21. The lowest BCUT2D eigenvalue weighted by molar-refractivity contribution is 0.0976. The molecule has 0 bridgehead atoms. The first-order valence-corrected chi connectivity index (χ1v) is 7.32. The lowest BCUT2D eigenvalue weighted by Gasteiger charge is -2.21. The molecule has 0 atom stereocenters. The van der Waals surface area contributed by atoms with Crippen LogP contribution in [0.5, 0.6) is 11.5 Å². The van der Waals surface area contributed by atoms with E-state index in [9.17, 15) is 9.59 Å². The number of anilines is 2. The van der Waals surface area contributed by atoms with Crippen molar-refractivity contribution in [2.24, 2.45) is 0 Å². The topological polar surface area (TPSA) is 88.1 Å². The summed E-state index contributed by atoms with van der Waals surface area (Å²) in [6.07, 6.45) is -1.20. The molecule has 0 spiro atoms. The number of methoxy groups -OCH3 is 1. The summed E-state index contributed by atoms with van der Waals surface area (Å²) in [5.41, 5.74) is 1.23. The lowest BCUT2D eigenvalue weighted by atomic mass is 10.1. The van der Waals surface area contributed by atoms with E-state index in [1.807, 2.05) is 12.1 Å². The molecule has 124 valence electrons. The Hall–Kier alpha value is -3.06. The van der Waals surface area contributed by atoms with Crippen molar-refractivity contribution in [3.8, 4) is 11.5 Å². The average molecular weight is 328 g/mol. The molecule has 0 unspecified atom stereocenters. The first kappa shape index (κ1) is 15.8. The van der Waals surface area contributed by atoms with Crippen molar-refractivity contribution in [3.05, 3.63) is 48.0 Å². The summed E-state index contributed by atoms with van der Waals surface area (Å²) in [7, 11) is 1.56. The molecule has 1 aliphatic rings. The van der Waals surface area contributed by atoms with Crippen LogP contribution in [0.25, 0.3) is 0 Å². The van der Waals surface area contributed by atoms with Gasteiger partial charge in [0, 0.05) is 19.3 Å². The third-order valence-corrected chi connectivity index (χ3v) is 3.60. The van der Waals surface area contributed by atoms with E-state index in [4.69, 9.17) is 14.6 Å². The number of benzene rings is 2. The van der Waals surface area contributed by atoms with Crippen LogP contribution >= 0.6 is 0 Å². The first-order valence-electron chi connectivity index (χ1n) is 7.32. The van der Waals surface area contributed by atoms with Crippen LogP contribution in [0.4, 0.5) is 16.2 Å². The second-order valence-electron chi connectivity index (χ2n) is 5.16. The molecule has 2 amide bonds. The van der Waals surface area contributed by atoms with Gasteiger partial charge in [0.15, 0.2) is 5.75 Å². The third kappa shape index (κ3) is 3.02. The summed E-state index contributed by atoms with van der Waals surface area (Å²) < 4.78 is 11.0. The highest BCUT2D eigenvalue weighted by molar-refractivity contribution is 6.10. The van der Waals surface area contributed by atoms with E-state index in [0.717, 1.165) is 0 Å². The molecule has 2 aromatic carbocycles. The fourth-order valence-electron chi connectivity index (χ4n) is 2.53. The Labute approximate surface area is 138 Å². The number of hydrogen-bond acceptors (Lipinski definition) is 4. The average Bonchev–Trinajstić information content (AvgIpc) is 2.67. The van der Waals surface area contributed by atoms with Crippen LogP contribution in [0, 0.1) is 0 Å². The Balaban J connectivity index is 2.07. The normalized spacial score (nSPS) is 12.7. The molecule has 0 fully saturated rings. The number of hydrogen-bond donors (Lipinski definition) is 2. The zero-order chi connectivity index (χ0) is 17.1. The molecule has 7 nitrogen and oxygen atoms in total. The summed E-state index contributed by atoms with van der Waals surface area (Å²) in [4.78, 5) is 25.3. The molecule has 0 saturated heterocycles. The van der Waals surface area contributed by atoms with Crippen molar-refractivity contribution in [1.82, 2.24) is 0 Å². The fourth-order valence-corrected chi connectivity index (χ4v) is 2.53. The smallest absolute Gasteiger partial charge is 0.409 e. The van der Waals surface area contributed by atoms with Gasteiger partial charge in [-0.3, -0.25) is 10.1 Å². The van der Waals surface area contributed by atoms with Gasteiger partial charge in [-0.15, -0.1) is 0 Å². The van der Waals surface area contributed by atoms with Crippen LogP contribution in [-0.4, -0.2) is 37.4 Å². The summed E-state index contributed by atoms with van der Waals surface area (Å²) in [5.74, 6) is 0.656. The lowest BCUT2D eigenvalue weighted by Crippen LogP contribution is -2.33. The quantitative estimate of drug-likeness (QED) is 0.900. The molecular weight excluding hydrogens is 312 g/mol. The van der Waals surface area contributed by atoms with Gasteiger partial charge in [0.05, 0.1) is 17.9 Å². The summed E-state index contributed by atoms with van der Waals surface area (Å²) >= 11 is 0. The number of nitrogens with zero attached hydrogens (tertiary/aromatic N) is 1. The Morgan fingerprint density at radius 3 is 2.79 bits per heavy atom. The number of nitrogens with one attached hydrogen (secondary N) is 1. The number of fused-ring (bicyclic) bond motifs is 2. The molecule has 7 heteroatoms. The molecular formula is C17H16N2O5. The predicted octanol–water partition coefficient (Wildman–Crippen LogP) is 3.18. The van der Waals surface area contributed by atoms with Gasteiger partial charge in [0.25, 0.3) is 5.91 Å². The van der Waals surface area contributed by atoms with E-state index >= 15 is 0 Å². The molecule has 0 aliphatic carbocycles. The van der Waals surface area contributed by atoms with Crippen molar-refractivity contribution >= 4 is 23.4 Å². The van der Waals surface area contributed by atoms with E-state index in [1.54, 1.807) is 36.3 Å². The summed E-state index contributed by atoms with van der Waals surface area (Å²) in [6, 6.07) is 11.8. The van der Waals surface area contributed by atoms with E-state index in [1.165, 1.54) is 6.07 Å². The molecule has 24 heavy (non-hydrogen) atoms. The van der Waals surface area contributed by atoms with Crippen LogP contribution < -0.4 is 15.0 Å². The maximum Gasteiger partial charge on any atom is 0.409 e. The largest absolute Gasteiger partial charge is 0.465 e. The van der Waals surface area contributed by atoms with Crippen molar-refractivity contribution in [1.29, 1.82) is 0 Å². The van der Waals surface area contributed by atoms with Crippen molar-refractivity contribution < 1.29 is 24.2 Å². The molecule has 1 aliphatic heterocycles. The number of rotatable bonds is 4. The Morgan fingerprint density at radius 1 is 1.25 bits per heavy atom. The van der Waals surface area contributed by atoms with Gasteiger partial charge in [0.2, 0.25) is 0 Å². The van der Waals surface area contributed by atoms with Crippen molar-refractivity contribution in [2.75, 3.05) is 30.5 Å². The minimum absolute atomic E-state index is 0.277. The highest BCUT2D eigenvalue weighted by atomic mass is 16.5. The number of carbonyl (C=O) groups excluding carboxylic acids is 1. The monoisotopic (exact) mass is 328 g/mol. The minimum Gasteiger partial charge on any atom is -0.465 e. The molecule has 0 saturated carbocycles. The van der Waals surface area contributed by atoms with Crippen molar-refractivity contribution in [3.63, 3.8) is 0 Å². The number of carbonyl (C=O) groups is 2. The van der Waals surface area contributed by atoms with Gasteiger partial charge < -0.3 is 19.5 Å². The number of amides is 2. The predicted molar refractivity (Wildman–Crippen MR) is 88.2 cm³/mol. The van der Waals surface area contributed by atoms with Crippen LogP contribution in [0.3, 0.4) is 0 Å². The van der Waals surface area contributed by atoms with E-state index in [0.29, 0.717) is 36.0 Å². The van der Waals surface area contributed by atoms with E-state index in [2.05, 4.69) is 5.32 Å². The summed E-state index contributed by atoms with van der Waals surface area (Å²) in [5, 5.41) is 11.1. The number of para-hydroxylation sites is 2. The molecule has 0 radical (unpaired) electrons. The van der Waals surface area contributed by atoms with Gasteiger partial charge in [0.1, 0.15) is 5.75 Å². The van der Waals surface area contributed by atoms with Crippen molar-refractivity contribution in [2.45, 2.75) is 0 Å². The van der Waals surface area contributed by atoms with E-state index in [-0.39, 0.29) is 11.5 Å². The molecule has 3 rings (SSSR count). The Kier molecular flexibility index (Phi) is 4.35. The molecule has 1 heterocycles. The number of ether oxygens (including phenoxy) is 2. The third-order valence-electron chi connectivity index (χ3n) is 3.60. The minimum atomic E-state index is -1.20. The van der Waals surface area contributed by atoms with Crippen LogP contribution in [0.15, 0.2) is 42.5 Å². The van der Waals surface area contributed by atoms with Gasteiger partial charge in [-0.05, 0) is 30.3 Å². The Bertz CT molecular complexity index is 790. The highest BCUT2D eigenvalue weighted by Crippen LogP contribution is 2.39. The molecule has 2 N–H and O–H groups in total. The first-order chi connectivity index (χ1) is 11.6. The van der Waals surface area contributed by atoms with Crippen LogP contribution in [-0.2, 0) is 4.74 Å². The van der Waals surface area contributed by atoms with Crippen LogP contribution in [0.2, 0.25) is 0 Å². The molecule has 2 aromatic rings. The standard InChI is InChI=1S/C17H16N2O5/c1-23-9-8-19-13-4-2-3-5-15(13)24-14-7-6-11(18-17(21)22)10-12(14)16(19)20/h2-7,10,18H,8-9H2,1H3,(H,21,22). The van der Waals surface area contributed by atoms with Gasteiger partial charge in [-0.1, -0.05) is 12.1 Å². The number of carboxylic acid groups (broad SMARTS) is 1. The Morgan fingerprint density at radius 2 is 2.04 bits per heavy atom. The maximum atomic E-state index is 13.0. The van der Waals surface area contributed by atoms with Gasteiger partial charge in [-0.25, -0.2) is 4.79 Å². The zero-order valence-corrected chi connectivity index (χ0v) is 13.0. The fraction of sp³-hybridized carbons (Fsp3) is 0.176. The van der Waals surface area contributed by atoms with E-state index < -0.39 is 6.09 Å². The second kappa shape index (κ2) is 6.59. The van der Waals surface area contributed by atoms with Gasteiger partial charge in [-0.2, -0.15) is 0 Å².